The molecule has 0 spiro atoms. The van der Waals surface area contributed by atoms with Crippen LogP contribution >= 0.6 is 0 Å². The standard InChI is InChI=1S/C22H23NO3/c1-3-4-10-18-19-20(23-26-18)22(16-11-13-17(24-2)14-12-16)25-21(19)15-8-6-5-7-9-15/h3,5-9,11-14,18-19,21-22H,1,4,10H2,2H3/t18-,19-,21+,22+/m0/s1. The number of allylic oxidation sites excluding steroid dienone is 1. The van der Waals surface area contributed by atoms with Crippen molar-refractivity contribution in [3.63, 3.8) is 0 Å². The van der Waals surface area contributed by atoms with Gasteiger partial charge in [-0.2, -0.15) is 0 Å². The summed E-state index contributed by atoms with van der Waals surface area (Å²) in [6, 6.07) is 18.3. The van der Waals surface area contributed by atoms with Crippen LogP contribution in [-0.4, -0.2) is 18.9 Å². The van der Waals surface area contributed by atoms with E-state index in [1.165, 1.54) is 0 Å². The number of ether oxygens (including phenoxy) is 2. The van der Waals surface area contributed by atoms with Crippen LogP contribution in [0.15, 0.2) is 72.4 Å². The molecule has 4 atom stereocenters. The summed E-state index contributed by atoms with van der Waals surface area (Å²) in [4.78, 5) is 5.81. The van der Waals surface area contributed by atoms with Crippen LogP contribution in [0.5, 0.6) is 5.75 Å². The van der Waals surface area contributed by atoms with E-state index in [2.05, 4.69) is 23.9 Å². The summed E-state index contributed by atoms with van der Waals surface area (Å²) >= 11 is 0. The van der Waals surface area contributed by atoms with Gasteiger partial charge in [0.1, 0.15) is 23.7 Å². The molecule has 0 saturated carbocycles. The first-order valence-electron chi connectivity index (χ1n) is 9.00. The predicted octanol–water partition coefficient (Wildman–Crippen LogP) is 4.85. The van der Waals surface area contributed by atoms with Gasteiger partial charge < -0.3 is 14.3 Å². The van der Waals surface area contributed by atoms with Gasteiger partial charge in [0, 0.05) is 0 Å². The third-order valence-electron chi connectivity index (χ3n) is 5.12. The van der Waals surface area contributed by atoms with Gasteiger partial charge in [-0.3, -0.25) is 0 Å². The Morgan fingerprint density at radius 2 is 1.85 bits per heavy atom. The van der Waals surface area contributed by atoms with Gasteiger partial charge in [0.25, 0.3) is 0 Å². The van der Waals surface area contributed by atoms with E-state index >= 15 is 0 Å². The predicted molar refractivity (Wildman–Crippen MR) is 101 cm³/mol. The Balaban J connectivity index is 1.66. The molecule has 2 aromatic rings. The quantitative estimate of drug-likeness (QED) is 0.700. The number of rotatable bonds is 6. The summed E-state index contributed by atoms with van der Waals surface area (Å²) in [6.45, 7) is 3.83. The lowest BCUT2D eigenvalue weighted by molar-refractivity contribution is -0.0237. The molecule has 0 radical (unpaired) electrons. The number of benzene rings is 2. The summed E-state index contributed by atoms with van der Waals surface area (Å²) in [7, 11) is 1.67. The number of fused-ring (bicyclic) bond motifs is 1. The van der Waals surface area contributed by atoms with Crippen molar-refractivity contribution in [3.8, 4) is 5.75 Å². The Morgan fingerprint density at radius 3 is 2.54 bits per heavy atom. The van der Waals surface area contributed by atoms with Crippen LogP contribution in [0, 0.1) is 5.92 Å². The van der Waals surface area contributed by atoms with E-state index in [4.69, 9.17) is 14.3 Å². The molecule has 4 heteroatoms. The molecule has 2 heterocycles. The summed E-state index contributed by atoms with van der Waals surface area (Å²) in [6.07, 6.45) is 3.50. The van der Waals surface area contributed by atoms with Crippen LogP contribution in [0.2, 0.25) is 0 Å². The largest absolute Gasteiger partial charge is 0.497 e. The molecule has 26 heavy (non-hydrogen) atoms. The maximum atomic E-state index is 6.51. The highest BCUT2D eigenvalue weighted by atomic mass is 16.7. The highest BCUT2D eigenvalue weighted by molar-refractivity contribution is 5.95. The molecule has 4 nitrogen and oxygen atoms in total. The second kappa shape index (κ2) is 7.34. The van der Waals surface area contributed by atoms with Crippen LogP contribution in [0.25, 0.3) is 0 Å². The van der Waals surface area contributed by atoms with Gasteiger partial charge in [-0.25, -0.2) is 0 Å². The van der Waals surface area contributed by atoms with E-state index in [0.29, 0.717) is 0 Å². The topological polar surface area (TPSA) is 40.0 Å². The second-order valence-electron chi connectivity index (χ2n) is 6.67. The van der Waals surface area contributed by atoms with Crippen LogP contribution in [0.4, 0.5) is 0 Å². The summed E-state index contributed by atoms with van der Waals surface area (Å²) < 4.78 is 11.8. The number of hydrogen-bond acceptors (Lipinski definition) is 4. The first-order chi connectivity index (χ1) is 12.8. The SMILES string of the molecule is C=CCC[C@@H]1ON=C2[C@H]1[C@@H](c1ccccc1)O[C@@H]2c1ccc(OC)cc1. The van der Waals surface area contributed by atoms with Gasteiger partial charge in [0.2, 0.25) is 0 Å². The lowest BCUT2D eigenvalue weighted by atomic mass is 9.85. The molecule has 2 aliphatic rings. The van der Waals surface area contributed by atoms with Crippen molar-refractivity contribution in [1.29, 1.82) is 0 Å². The average molecular weight is 349 g/mol. The van der Waals surface area contributed by atoms with Crippen molar-refractivity contribution >= 4 is 5.71 Å². The molecule has 0 bridgehead atoms. The van der Waals surface area contributed by atoms with Gasteiger partial charge in [0.05, 0.1) is 19.1 Å². The fourth-order valence-corrected chi connectivity index (χ4v) is 3.79. The van der Waals surface area contributed by atoms with Crippen LogP contribution in [-0.2, 0) is 9.57 Å². The molecule has 0 aromatic heterocycles. The van der Waals surface area contributed by atoms with Crippen molar-refractivity contribution in [1.82, 2.24) is 0 Å². The third-order valence-corrected chi connectivity index (χ3v) is 5.12. The Bertz CT molecular complexity index is 785. The fourth-order valence-electron chi connectivity index (χ4n) is 3.79. The minimum Gasteiger partial charge on any atom is -0.497 e. The summed E-state index contributed by atoms with van der Waals surface area (Å²) in [5.74, 6) is 0.959. The molecular weight excluding hydrogens is 326 g/mol. The number of methoxy groups -OCH3 is 1. The minimum absolute atomic E-state index is 0.0245. The van der Waals surface area contributed by atoms with Crippen molar-refractivity contribution in [3.05, 3.63) is 78.4 Å². The fraction of sp³-hybridized carbons (Fsp3) is 0.318. The van der Waals surface area contributed by atoms with E-state index in [1.54, 1.807) is 7.11 Å². The maximum Gasteiger partial charge on any atom is 0.138 e. The van der Waals surface area contributed by atoms with E-state index in [1.807, 2.05) is 48.5 Å². The van der Waals surface area contributed by atoms with Gasteiger partial charge in [0.15, 0.2) is 0 Å². The normalized spacial score (nSPS) is 26.7. The first-order valence-corrected chi connectivity index (χ1v) is 9.00. The average Bonchev–Trinajstić information content (AvgIpc) is 3.28. The monoisotopic (exact) mass is 349 g/mol. The maximum absolute atomic E-state index is 6.51. The molecule has 0 N–H and O–H groups in total. The van der Waals surface area contributed by atoms with Crippen LogP contribution in [0.3, 0.4) is 0 Å². The Kier molecular flexibility index (Phi) is 4.76. The highest BCUT2D eigenvalue weighted by Crippen LogP contribution is 2.49. The third kappa shape index (κ3) is 3.01. The van der Waals surface area contributed by atoms with Crippen molar-refractivity contribution in [2.24, 2.45) is 11.1 Å². The first kappa shape index (κ1) is 16.9. The molecule has 4 rings (SSSR count). The molecule has 2 aliphatic heterocycles. The lowest BCUT2D eigenvalue weighted by Gasteiger charge is -2.21. The zero-order valence-electron chi connectivity index (χ0n) is 14.9. The van der Waals surface area contributed by atoms with Gasteiger partial charge in [-0.15, -0.1) is 6.58 Å². The van der Waals surface area contributed by atoms with Gasteiger partial charge in [-0.05, 0) is 36.1 Å². The molecule has 0 aliphatic carbocycles. The van der Waals surface area contributed by atoms with E-state index in [-0.39, 0.29) is 24.2 Å². The van der Waals surface area contributed by atoms with Gasteiger partial charge >= 0.3 is 0 Å². The van der Waals surface area contributed by atoms with Crippen LogP contribution < -0.4 is 4.74 Å². The van der Waals surface area contributed by atoms with E-state index in [0.717, 1.165) is 35.4 Å². The summed E-state index contributed by atoms with van der Waals surface area (Å²) in [5, 5.41) is 4.43. The molecule has 0 amide bonds. The zero-order valence-corrected chi connectivity index (χ0v) is 14.9. The van der Waals surface area contributed by atoms with Crippen LogP contribution in [0.1, 0.15) is 36.2 Å². The number of nitrogens with zero attached hydrogens (tertiary/aromatic N) is 1. The zero-order chi connectivity index (χ0) is 17.9. The minimum atomic E-state index is -0.190. The molecule has 2 aromatic carbocycles. The van der Waals surface area contributed by atoms with Crippen molar-refractivity contribution < 1.29 is 14.3 Å². The van der Waals surface area contributed by atoms with Crippen molar-refractivity contribution in [2.45, 2.75) is 31.2 Å². The second-order valence-corrected chi connectivity index (χ2v) is 6.67. The molecule has 0 unspecified atom stereocenters. The Labute approximate surface area is 154 Å². The summed E-state index contributed by atoms with van der Waals surface area (Å²) in [5.41, 5.74) is 3.22. The molecule has 1 fully saturated rings. The highest BCUT2D eigenvalue weighted by Gasteiger charge is 2.51. The van der Waals surface area contributed by atoms with E-state index < -0.39 is 0 Å². The van der Waals surface area contributed by atoms with Crippen molar-refractivity contribution in [2.75, 3.05) is 7.11 Å². The Hall–Kier alpha value is -2.59. The molecule has 134 valence electrons. The number of oxime groups is 1. The molecule has 1 saturated heterocycles. The van der Waals surface area contributed by atoms with E-state index in [9.17, 15) is 0 Å². The lowest BCUT2D eigenvalue weighted by Crippen LogP contribution is -2.25. The number of hydrogen-bond donors (Lipinski definition) is 0. The Morgan fingerprint density at radius 1 is 1.08 bits per heavy atom. The van der Waals surface area contributed by atoms with Gasteiger partial charge in [-0.1, -0.05) is 53.7 Å². The smallest absolute Gasteiger partial charge is 0.138 e. The molecular formula is C22H23NO3.